The third kappa shape index (κ3) is 3.44. The molecule has 98 valence electrons. The van der Waals surface area contributed by atoms with E-state index in [-0.39, 0.29) is 11.8 Å². The Kier molecular flexibility index (Phi) is 4.35. The Morgan fingerprint density at radius 2 is 1.84 bits per heavy atom. The van der Waals surface area contributed by atoms with Crippen molar-refractivity contribution in [2.24, 2.45) is 0 Å². The molecule has 2 aromatic carbocycles. The summed E-state index contributed by atoms with van der Waals surface area (Å²) in [6, 6.07) is 17.8. The highest BCUT2D eigenvalue weighted by Gasteiger charge is 2.18. The summed E-state index contributed by atoms with van der Waals surface area (Å²) in [6.45, 7) is 4.05. The molecule has 0 saturated carbocycles. The zero-order chi connectivity index (χ0) is 13.7. The Bertz CT molecular complexity index is 548. The van der Waals surface area contributed by atoms with E-state index in [1.807, 2.05) is 68.4 Å². The number of rotatable bonds is 4. The second-order valence-corrected chi connectivity index (χ2v) is 4.73. The molecule has 2 nitrogen and oxygen atoms in total. The van der Waals surface area contributed by atoms with E-state index in [9.17, 15) is 4.79 Å². The van der Waals surface area contributed by atoms with E-state index in [1.165, 1.54) is 0 Å². The molecular formula is C17H19NO. The molecule has 0 bridgehead atoms. The molecule has 1 N–H and O–H groups in total. The van der Waals surface area contributed by atoms with Crippen LogP contribution in [0.4, 0.5) is 5.69 Å². The van der Waals surface area contributed by atoms with Gasteiger partial charge in [-0.15, -0.1) is 0 Å². The number of amides is 1. The number of aryl methyl sites for hydroxylation is 1. The first-order valence-corrected chi connectivity index (χ1v) is 6.63. The minimum absolute atomic E-state index is 0.0549. The first-order chi connectivity index (χ1) is 9.20. The number of hydrogen-bond donors (Lipinski definition) is 1. The zero-order valence-electron chi connectivity index (χ0n) is 11.4. The highest BCUT2D eigenvalue weighted by molar-refractivity contribution is 5.95. The van der Waals surface area contributed by atoms with Gasteiger partial charge in [-0.25, -0.2) is 0 Å². The summed E-state index contributed by atoms with van der Waals surface area (Å²) in [7, 11) is 0. The lowest BCUT2D eigenvalue weighted by Crippen LogP contribution is -2.20. The van der Waals surface area contributed by atoms with Crippen molar-refractivity contribution in [2.75, 3.05) is 5.32 Å². The van der Waals surface area contributed by atoms with E-state index in [1.54, 1.807) is 0 Å². The van der Waals surface area contributed by atoms with Crippen LogP contribution in [-0.4, -0.2) is 5.91 Å². The van der Waals surface area contributed by atoms with Crippen LogP contribution in [0.25, 0.3) is 0 Å². The van der Waals surface area contributed by atoms with Crippen molar-refractivity contribution in [2.45, 2.75) is 26.2 Å². The number of hydrogen-bond acceptors (Lipinski definition) is 1. The summed E-state index contributed by atoms with van der Waals surface area (Å²) >= 11 is 0. The third-order valence-electron chi connectivity index (χ3n) is 3.21. The van der Waals surface area contributed by atoms with Gasteiger partial charge in [0.05, 0.1) is 5.92 Å². The molecule has 0 aliphatic carbocycles. The molecule has 2 aromatic rings. The molecule has 0 heterocycles. The summed E-state index contributed by atoms with van der Waals surface area (Å²) in [5.41, 5.74) is 3.07. The van der Waals surface area contributed by atoms with Crippen LogP contribution in [0.3, 0.4) is 0 Å². The number of carbonyl (C=O) groups is 1. The third-order valence-corrected chi connectivity index (χ3v) is 3.21. The van der Waals surface area contributed by atoms with Gasteiger partial charge in [-0.2, -0.15) is 0 Å². The Hall–Kier alpha value is -2.09. The number of carbonyl (C=O) groups excluding carboxylic acids is 1. The summed E-state index contributed by atoms with van der Waals surface area (Å²) in [5, 5.41) is 2.99. The lowest BCUT2D eigenvalue weighted by molar-refractivity contribution is -0.117. The minimum Gasteiger partial charge on any atom is -0.326 e. The number of nitrogens with one attached hydrogen (secondary N) is 1. The molecule has 1 atom stereocenters. The van der Waals surface area contributed by atoms with Gasteiger partial charge in [-0.05, 0) is 36.6 Å². The molecule has 2 rings (SSSR count). The van der Waals surface area contributed by atoms with Crippen molar-refractivity contribution in [3.05, 3.63) is 65.7 Å². The maximum absolute atomic E-state index is 12.3. The predicted octanol–water partition coefficient (Wildman–Crippen LogP) is 4.13. The first-order valence-electron chi connectivity index (χ1n) is 6.63. The fraction of sp³-hybridized carbons (Fsp3) is 0.235. The van der Waals surface area contributed by atoms with Gasteiger partial charge < -0.3 is 5.32 Å². The van der Waals surface area contributed by atoms with Crippen LogP contribution >= 0.6 is 0 Å². The topological polar surface area (TPSA) is 29.1 Å². The quantitative estimate of drug-likeness (QED) is 0.872. The Balaban J connectivity index is 2.14. The van der Waals surface area contributed by atoms with Gasteiger partial charge in [-0.1, -0.05) is 49.4 Å². The normalized spacial score (nSPS) is 11.9. The molecule has 0 fully saturated rings. The maximum atomic E-state index is 12.3. The molecule has 0 saturated heterocycles. The van der Waals surface area contributed by atoms with Gasteiger partial charge in [-0.3, -0.25) is 4.79 Å². The van der Waals surface area contributed by atoms with Crippen molar-refractivity contribution in [3.63, 3.8) is 0 Å². The molecule has 0 aromatic heterocycles. The van der Waals surface area contributed by atoms with Crippen LogP contribution in [0, 0.1) is 6.92 Å². The van der Waals surface area contributed by atoms with E-state index in [2.05, 4.69) is 5.32 Å². The monoisotopic (exact) mass is 253 g/mol. The van der Waals surface area contributed by atoms with Gasteiger partial charge >= 0.3 is 0 Å². The van der Waals surface area contributed by atoms with Crippen molar-refractivity contribution < 1.29 is 4.79 Å². The van der Waals surface area contributed by atoms with Crippen molar-refractivity contribution >= 4 is 11.6 Å². The van der Waals surface area contributed by atoms with Crippen molar-refractivity contribution in [3.8, 4) is 0 Å². The molecule has 0 spiro atoms. The number of benzene rings is 2. The molecule has 1 amide bonds. The highest BCUT2D eigenvalue weighted by atomic mass is 16.1. The molecule has 0 aliphatic rings. The zero-order valence-corrected chi connectivity index (χ0v) is 11.4. The summed E-state index contributed by atoms with van der Waals surface area (Å²) in [5.74, 6) is -0.0407. The molecule has 0 radical (unpaired) electrons. The van der Waals surface area contributed by atoms with Crippen molar-refractivity contribution in [1.82, 2.24) is 0 Å². The lowest BCUT2D eigenvalue weighted by Gasteiger charge is -2.15. The van der Waals surface area contributed by atoms with Crippen LogP contribution in [0.2, 0.25) is 0 Å². The summed E-state index contributed by atoms with van der Waals surface area (Å²) < 4.78 is 0. The van der Waals surface area contributed by atoms with Crippen LogP contribution in [-0.2, 0) is 4.79 Å². The molecule has 2 heteroatoms. The fourth-order valence-corrected chi connectivity index (χ4v) is 2.21. The van der Waals surface area contributed by atoms with Gasteiger partial charge in [0.15, 0.2) is 0 Å². The second kappa shape index (κ2) is 6.19. The summed E-state index contributed by atoms with van der Waals surface area (Å²) in [4.78, 5) is 12.3. The van der Waals surface area contributed by atoms with E-state index in [4.69, 9.17) is 0 Å². The summed E-state index contributed by atoms with van der Waals surface area (Å²) in [6.07, 6.45) is 0.793. The van der Waals surface area contributed by atoms with E-state index >= 15 is 0 Å². The van der Waals surface area contributed by atoms with Gasteiger partial charge in [0.1, 0.15) is 0 Å². The smallest absolute Gasteiger partial charge is 0.231 e. The van der Waals surface area contributed by atoms with Gasteiger partial charge in [0, 0.05) is 5.69 Å². The van der Waals surface area contributed by atoms with E-state index < -0.39 is 0 Å². The molecule has 0 aliphatic heterocycles. The lowest BCUT2D eigenvalue weighted by atomic mass is 9.95. The molecule has 0 unspecified atom stereocenters. The van der Waals surface area contributed by atoms with Crippen LogP contribution in [0.15, 0.2) is 54.6 Å². The second-order valence-electron chi connectivity index (χ2n) is 4.73. The Labute approximate surface area is 114 Å². The predicted molar refractivity (Wildman–Crippen MR) is 79.3 cm³/mol. The van der Waals surface area contributed by atoms with Crippen LogP contribution in [0.5, 0.6) is 0 Å². The SMILES string of the molecule is CC[C@@H](C(=O)Nc1cccc(C)c1)c1ccccc1. The Morgan fingerprint density at radius 1 is 1.11 bits per heavy atom. The Morgan fingerprint density at radius 3 is 2.47 bits per heavy atom. The van der Waals surface area contributed by atoms with Gasteiger partial charge in [0.25, 0.3) is 0 Å². The van der Waals surface area contributed by atoms with Crippen molar-refractivity contribution in [1.29, 1.82) is 0 Å². The standard InChI is InChI=1S/C17H19NO/c1-3-16(14-9-5-4-6-10-14)17(19)18-15-11-7-8-13(2)12-15/h4-12,16H,3H2,1-2H3,(H,18,19)/t16-/m1/s1. The molecular weight excluding hydrogens is 234 g/mol. The average Bonchev–Trinajstić information content (AvgIpc) is 2.41. The maximum Gasteiger partial charge on any atom is 0.231 e. The van der Waals surface area contributed by atoms with Crippen LogP contribution in [0.1, 0.15) is 30.4 Å². The van der Waals surface area contributed by atoms with Crippen LogP contribution < -0.4 is 5.32 Å². The molecule has 19 heavy (non-hydrogen) atoms. The van der Waals surface area contributed by atoms with E-state index in [0.717, 1.165) is 23.2 Å². The highest BCUT2D eigenvalue weighted by Crippen LogP contribution is 2.21. The minimum atomic E-state index is -0.0956. The average molecular weight is 253 g/mol. The number of anilines is 1. The largest absolute Gasteiger partial charge is 0.326 e. The first kappa shape index (κ1) is 13.3. The van der Waals surface area contributed by atoms with Gasteiger partial charge in [0.2, 0.25) is 5.91 Å². The fourth-order valence-electron chi connectivity index (χ4n) is 2.21. The van der Waals surface area contributed by atoms with E-state index in [0.29, 0.717) is 0 Å².